The first-order chi connectivity index (χ1) is 9.72. The maximum absolute atomic E-state index is 12.2. The van der Waals surface area contributed by atoms with Crippen LogP contribution in [-0.4, -0.2) is 28.9 Å². The summed E-state index contributed by atoms with van der Waals surface area (Å²) in [7, 11) is 1.79. The zero-order valence-electron chi connectivity index (χ0n) is 11.1. The van der Waals surface area contributed by atoms with Crippen LogP contribution >= 0.6 is 0 Å². The number of benzene rings is 1. The number of anilines is 1. The number of aromatic nitrogens is 2. The Morgan fingerprint density at radius 1 is 1.30 bits per heavy atom. The molecule has 1 aliphatic rings. The van der Waals surface area contributed by atoms with Crippen LogP contribution in [0, 0.1) is 0 Å². The fourth-order valence-corrected chi connectivity index (χ4v) is 1.99. The number of aryl methyl sites for hydroxylation is 1. The number of rotatable bonds is 2. The van der Waals surface area contributed by atoms with Crippen LogP contribution < -0.4 is 14.8 Å². The molecule has 2 aromatic rings. The Morgan fingerprint density at radius 2 is 2.10 bits per heavy atom. The molecule has 1 aliphatic heterocycles. The van der Waals surface area contributed by atoms with Crippen LogP contribution in [0.15, 0.2) is 30.6 Å². The third kappa shape index (κ3) is 2.59. The molecule has 0 fully saturated rings. The second kappa shape index (κ2) is 5.24. The van der Waals surface area contributed by atoms with E-state index < -0.39 is 0 Å². The minimum atomic E-state index is -0.200. The van der Waals surface area contributed by atoms with E-state index in [-0.39, 0.29) is 5.91 Å². The number of carbonyl (C=O) groups is 1. The molecule has 0 aliphatic carbocycles. The topological polar surface area (TPSA) is 65.4 Å². The van der Waals surface area contributed by atoms with E-state index in [4.69, 9.17) is 9.47 Å². The normalized spacial score (nSPS) is 13.7. The lowest BCUT2D eigenvalue weighted by Gasteiger charge is -2.09. The van der Waals surface area contributed by atoms with Crippen molar-refractivity contribution in [2.24, 2.45) is 7.05 Å². The van der Waals surface area contributed by atoms with E-state index in [1.54, 1.807) is 42.3 Å². The van der Waals surface area contributed by atoms with Crippen molar-refractivity contribution >= 4 is 11.6 Å². The van der Waals surface area contributed by atoms with E-state index in [0.717, 1.165) is 6.42 Å². The van der Waals surface area contributed by atoms with E-state index in [0.29, 0.717) is 36.0 Å². The predicted molar refractivity (Wildman–Crippen MR) is 73.2 cm³/mol. The summed E-state index contributed by atoms with van der Waals surface area (Å²) in [5.41, 5.74) is 1.18. The summed E-state index contributed by atoms with van der Waals surface area (Å²) >= 11 is 0. The molecule has 0 spiro atoms. The molecule has 0 saturated carbocycles. The number of hydrogen-bond acceptors (Lipinski definition) is 4. The highest BCUT2D eigenvalue weighted by Gasteiger charge is 2.14. The molecule has 3 rings (SSSR count). The fraction of sp³-hybridized carbons (Fsp3) is 0.286. The van der Waals surface area contributed by atoms with Crippen LogP contribution in [0.2, 0.25) is 0 Å². The molecule has 0 unspecified atom stereocenters. The van der Waals surface area contributed by atoms with Crippen molar-refractivity contribution < 1.29 is 14.3 Å². The summed E-state index contributed by atoms with van der Waals surface area (Å²) in [5, 5.41) is 6.79. The largest absolute Gasteiger partial charge is 0.490 e. The van der Waals surface area contributed by atoms with Crippen molar-refractivity contribution in [1.29, 1.82) is 0 Å². The Kier molecular flexibility index (Phi) is 3.28. The van der Waals surface area contributed by atoms with Gasteiger partial charge in [0.05, 0.1) is 25.1 Å². The predicted octanol–water partition coefficient (Wildman–Crippen LogP) is 1.83. The maximum Gasteiger partial charge on any atom is 0.255 e. The van der Waals surface area contributed by atoms with E-state index in [1.165, 1.54) is 0 Å². The van der Waals surface area contributed by atoms with Gasteiger partial charge in [-0.3, -0.25) is 9.48 Å². The van der Waals surface area contributed by atoms with Gasteiger partial charge in [0.1, 0.15) is 0 Å². The molecule has 20 heavy (non-hydrogen) atoms. The van der Waals surface area contributed by atoms with E-state index >= 15 is 0 Å². The highest BCUT2D eigenvalue weighted by molar-refractivity contribution is 6.04. The first-order valence-electron chi connectivity index (χ1n) is 6.42. The van der Waals surface area contributed by atoms with Crippen molar-refractivity contribution in [1.82, 2.24) is 9.78 Å². The Labute approximate surface area is 116 Å². The fourth-order valence-electron chi connectivity index (χ4n) is 1.99. The van der Waals surface area contributed by atoms with Gasteiger partial charge >= 0.3 is 0 Å². The maximum atomic E-state index is 12.2. The van der Waals surface area contributed by atoms with Gasteiger partial charge in [-0.15, -0.1) is 0 Å². The van der Waals surface area contributed by atoms with Crippen LogP contribution in [0.1, 0.15) is 16.8 Å². The number of amides is 1. The highest BCUT2D eigenvalue weighted by atomic mass is 16.5. The minimum Gasteiger partial charge on any atom is -0.490 e. The lowest BCUT2D eigenvalue weighted by Crippen LogP contribution is -2.11. The molecular formula is C14H15N3O3. The third-order valence-corrected chi connectivity index (χ3v) is 2.97. The van der Waals surface area contributed by atoms with Gasteiger partial charge in [0.2, 0.25) is 0 Å². The molecule has 1 amide bonds. The van der Waals surface area contributed by atoms with Gasteiger partial charge in [0.15, 0.2) is 11.5 Å². The molecule has 104 valence electrons. The third-order valence-electron chi connectivity index (χ3n) is 2.97. The molecule has 1 aromatic carbocycles. The zero-order chi connectivity index (χ0) is 13.9. The van der Waals surface area contributed by atoms with Crippen molar-refractivity contribution in [3.63, 3.8) is 0 Å². The Hall–Kier alpha value is -2.50. The first-order valence-corrected chi connectivity index (χ1v) is 6.42. The summed E-state index contributed by atoms with van der Waals surface area (Å²) in [4.78, 5) is 12.2. The molecule has 2 heterocycles. The van der Waals surface area contributed by atoms with E-state index in [9.17, 15) is 4.79 Å². The standard InChI is InChI=1S/C14H15N3O3/c1-17-9-11(8-15-17)16-14(18)10-3-4-12-13(7-10)20-6-2-5-19-12/h3-4,7-9H,2,5-6H2,1H3,(H,16,18). The number of ether oxygens (including phenoxy) is 2. The van der Waals surface area contributed by atoms with Gasteiger partial charge in [-0.1, -0.05) is 0 Å². The molecule has 0 bridgehead atoms. The van der Waals surface area contributed by atoms with Crippen molar-refractivity contribution in [2.75, 3.05) is 18.5 Å². The molecular weight excluding hydrogens is 258 g/mol. The van der Waals surface area contributed by atoms with Gasteiger partial charge in [0, 0.05) is 25.2 Å². The van der Waals surface area contributed by atoms with Crippen LogP contribution in [0.3, 0.4) is 0 Å². The molecule has 6 nitrogen and oxygen atoms in total. The average molecular weight is 273 g/mol. The van der Waals surface area contributed by atoms with Gasteiger partial charge in [-0.05, 0) is 18.2 Å². The van der Waals surface area contributed by atoms with Crippen LogP contribution in [0.5, 0.6) is 11.5 Å². The zero-order valence-corrected chi connectivity index (χ0v) is 11.1. The first kappa shape index (κ1) is 12.5. The van der Waals surface area contributed by atoms with Gasteiger partial charge in [-0.2, -0.15) is 5.10 Å². The van der Waals surface area contributed by atoms with Gasteiger partial charge in [0.25, 0.3) is 5.91 Å². The van der Waals surface area contributed by atoms with Crippen molar-refractivity contribution in [3.8, 4) is 11.5 Å². The Bertz CT molecular complexity index is 636. The molecule has 0 radical (unpaired) electrons. The molecule has 1 aromatic heterocycles. The number of hydrogen-bond donors (Lipinski definition) is 1. The van der Waals surface area contributed by atoms with E-state index in [1.807, 2.05) is 0 Å². The SMILES string of the molecule is Cn1cc(NC(=O)c2ccc3c(c2)OCCCO3)cn1. The summed E-state index contributed by atoms with van der Waals surface area (Å²) in [5.74, 6) is 1.09. The summed E-state index contributed by atoms with van der Waals surface area (Å²) in [6.45, 7) is 1.23. The number of nitrogens with zero attached hydrogens (tertiary/aromatic N) is 2. The second-order valence-electron chi connectivity index (χ2n) is 4.57. The van der Waals surface area contributed by atoms with Crippen LogP contribution in [0.4, 0.5) is 5.69 Å². The van der Waals surface area contributed by atoms with Crippen LogP contribution in [-0.2, 0) is 7.05 Å². The minimum absolute atomic E-state index is 0.200. The van der Waals surface area contributed by atoms with Gasteiger partial charge < -0.3 is 14.8 Å². The molecule has 1 N–H and O–H groups in total. The lowest BCUT2D eigenvalue weighted by atomic mass is 10.2. The smallest absolute Gasteiger partial charge is 0.255 e. The quantitative estimate of drug-likeness (QED) is 0.906. The van der Waals surface area contributed by atoms with Crippen LogP contribution in [0.25, 0.3) is 0 Å². The average Bonchev–Trinajstić information content (AvgIpc) is 2.72. The summed E-state index contributed by atoms with van der Waals surface area (Å²) in [6, 6.07) is 5.18. The van der Waals surface area contributed by atoms with E-state index in [2.05, 4.69) is 10.4 Å². The number of carbonyl (C=O) groups excluding carboxylic acids is 1. The summed E-state index contributed by atoms with van der Waals surface area (Å²) in [6.07, 6.45) is 4.17. The number of nitrogens with one attached hydrogen (secondary N) is 1. The lowest BCUT2D eigenvalue weighted by molar-refractivity contribution is 0.102. The van der Waals surface area contributed by atoms with Gasteiger partial charge in [-0.25, -0.2) is 0 Å². The van der Waals surface area contributed by atoms with Crippen molar-refractivity contribution in [3.05, 3.63) is 36.2 Å². The molecule has 0 saturated heterocycles. The number of fused-ring (bicyclic) bond motifs is 1. The molecule has 6 heteroatoms. The van der Waals surface area contributed by atoms with Crippen molar-refractivity contribution in [2.45, 2.75) is 6.42 Å². The Morgan fingerprint density at radius 3 is 2.85 bits per heavy atom. The highest BCUT2D eigenvalue weighted by Crippen LogP contribution is 2.30. The second-order valence-corrected chi connectivity index (χ2v) is 4.57. The Balaban J connectivity index is 1.79. The monoisotopic (exact) mass is 273 g/mol. The molecule has 0 atom stereocenters. The summed E-state index contributed by atoms with van der Waals surface area (Å²) < 4.78 is 12.7.